The van der Waals surface area contributed by atoms with E-state index in [0.29, 0.717) is 6.54 Å². The fourth-order valence-corrected chi connectivity index (χ4v) is 2.55. The molecule has 3 N–H and O–H groups in total. The molecule has 1 aliphatic rings. The third-order valence-electron chi connectivity index (χ3n) is 3.72. The van der Waals surface area contributed by atoms with Gasteiger partial charge in [-0.05, 0) is 12.8 Å². The summed E-state index contributed by atoms with van der Waals surface area (Å²) in [6.07, 6.45) is 8.61. The summed E-state index contributed by atoms with van der Waals surface area (Å²) >= 11 is 0. The second-order valence-electron chi connectivity index (χ2n) is 5.05. The average Bonchev–Trinajstić information content (AvgIpc) is 2.75. The quantitative estimate of drug-likeness (QED) is 0.821. The molecule has 1 aromatic rings. The van der Waals surface area contributed by atoms with Crippen LogP contribution in [0.5, 0.6) is 0 Å². The molecule has 18 heavy (non-hydrogen) atoms. The van der Waals surface area contributed by atoms with Crippen molar-refractivity contribution in [2.24, 2.45) is 18.7 Å². The third-order valence-corrected chi connectivity index (χ3v) is 3.72. The van der Waals surface area contributed by atoms with Crippen molar-refractivity contribution in [2.75, 3.05) is 6.54 Å². The van der Waals surface area contributed by atoms with E-state index in [-0.39, 0.29) is 17.9 Å². The third kappa shape index (κ3) is 3.10. The minimum atomic E-state index is 0.000112. The fourth-order valence-electron chi connectivity index (χ4n) is 2.55. The van der Waals surface area contributed by atoms with Gasteiger partial charge in [-0.2, -0.15) is 0 Å². The molecule has 1 aliphatic carbocycles. The number of carbonyl (C=O) groups excluding carboxylic acids is 1. The van der Waals surface area contributed by atoms with E-state index in [0.717, 1.165) is 37.9 Å². The van der Waals surface area contributed by atoms with Gasteiger partial charge in [0.1, 0.15) is 5.82 Å². The first-order chi connectivity index (χ1) is 8.68. The smallest absolute Gasteiger partial charge is 0.224 e. The Labute approximate surface area is 108 Å². The first kappa shape index (κ1) is 13.1. The van der Waals surface area contributed by atoms with Crippen molar-refractivity contribution < 1.29 is 4.79 Å². The van der Waals surface area contributed by atoms with Crippen LogP contribution in [0.25, 0.3) is 0 Å². The Bertz CT molecular complexity index is 401. The number of nitrogens with zero attached hydrogens (tertiary/aromatic N) is 2. The van der Waals surface area contributed by atoms with E-state index in [1.54, 1.807) is 6.20 Å². The van der Waals surface area contributed by atoms with Crippen LogP contribution in [-0.4, -0.2) is 28.0 Å². The molecule has 0 saturated heterocycles. The van der Waals surface area contributed by atoms with Gasteiger partial charge in [0.25, 0.3) is 0 Å². The van der Waals surface area contributed by atoms with Gasteiger partial charge in [0, 0.05) is 38.4 Å². The minimum Gasteiger partial charge on any atom is -0.355 e. The van der Waals surface area contributed by atoms with Crippen LogP contribution in [0.3, 0.4) is 0 Å². The van der Waals surface area contributed by atoms with Crippen molar-refractivity contribution in [1.82, 2.24) is 14.9 Å². The molecule has 5 nitrogen and oxygen atoms in total. The summed E-state index contributed by atoms with van der Waals surface area (Å²) in [7, 11) is 1.96. The summed E-state index contributed by atoms with van der Waals surface area (Å²) in [5.74, 6) is 1.10. The molecule has 0 aromatic carbocycles. The maximum atomic E-state index is 12.0. The summed E-state index contributed by atoms with van der Waals surface area (Å²) in [4.78, 5) is 16.2. The molecule has 2 rings (SSSR count). The van der Waals surface area contributed by atoms with E-state index >= 15 is 0 Å². The van der Waals surface area contributed by atoms with Crippen LogP contribution in [0, 0.1) is 5.92 Å². The highest BCUT2D eigenvalue weighted by atomic mass is 16.1. The Balaban J connectivity index is 1.76. The summed E-state index contributed by atoms with van der Waals surface area (Å²) in [5, 5.41) is 2.98. The van der Waals surface area contributed by atoms with Crippen LogP contribution in [0.15, 0.2) is 12.4 Å². The first-order valence-electron chi connectivity index (χ1n) is 6.68. The standard InChI is InChI=1S/C13H22N4O/c1-17-9-8-15-12(17)6-7-16-13(18)10-4-2-3-5-11(10)14/h8-11H,2-7,14H2,1H3,(H,16,18). The Hall–Kier alpha value is -1.36. The van der Waals surface area contributed by atoms with Crippen molar-refractivity contribution in [3.05, 3.63) is 18.2 Å². The molecule has 1 amide bonds. The minimum absolute atomic E-state index is 0.000112. The van der Waals surface area contributed by atoms with Crippen LogP contribution >= 0.6 is 0 Å². The van der Waals surface area contributed by atoms with Gasteiger partial charge < -0.3 is 15.6 Å². The number of aromatic nitrogens is 2. The summed E-state index contributed by atoms with van der Waals surface area (Å²) in [6, 6.07) is 0.0342. The highest BCUT2D eigenvalue weighted by molar-refractivity contribution is 5.79. The van der Waals surface area contributed by atoms with Gasteiger partial charge in [0.2, 0.25) is 5.91 Å². The van der Waals surface area contributed by atoms with Gasteiger partial charge in [-0.3, -0.25) is 4.79 Å². The molecular weight excluding hydrogens is 228 g/mol. The molecule has 0 bridgehead atoms. The molecule has 0 radical (unpaired) electrons. The number of nitrogens with one attached hydrogen (secondary N) is 1. The molecule has 1 aromatic heterocycles. The second-order valence-corrected chi connectivity index (χ2v) is 5.05. The number of hydrogen-bond donors (Lipinski definition) is 2. The van der Waals surface area contributed by atoms with Crippen LogP contribution in [0.4, 0.5) is 0 Å². The summed E-state index contributed by atoms with van der Waals surface area (Å²) < 4.78 is 1.97. The predicted octanol–water partition coefficient (Wildman–Crippen LogP) is 0.596. The Morgan fingerprint density at radius 3 is 3.00 bits per heavy atom. The normalized spacial score (nSPS) is 23.9. The summed E-state index contributed by atoms with van der Waals surface area (Å²) in [5.41, 5.74) is 5.99. The zero-order valence-electron chi connectivity index (χ0n) is 10.9. The van der Waals surface area contributed by atoms with E-state index < -0.39 is 0 Å². The van der Waals surface area contributed by atoms with Crippen molar-refractivity contribution in [2.45, 2.75) is 38.1 Å². The topological polar surface area (TPSA) is 72.9 Å². The van der Waals surface area contributed by atoms with Crippen molar-refractivity contribution >= 4 is 5.91 Å². The van der Waals surface area contributed by atoms with E-state index in [1.807, 2.05) is 17.8 Å². The molecule has 5 heteroatoms. The maximum absolute atomic E-state index is 12.0. The van der Waals surface area contributed by atoms with Gasteiger partial charge in [-0.1, -0.05) is 12.8 Å². The molecule has 100 valence electrons. The second kappa shape index (κ2) is 6.00. The predicted molar refractivity (Wildman–Crippen MR) is 69.9 cm³/mol. The molecule has 0 spiro atoms. The lowest BCUT2D eigenvalue weighted by Gasteiger charge is -2.27. The molecule has 1 heterocycles. The van der Waals surface area contributed by atoms with Gasteiger partial charge >= 0.3 is 0 Å². The van der Waals surface area contributed by atoms with Crippen LogP contribution in [0.1, 0.15) is 31.5 Å². The number of hydrogen-bond acceptors (Lipinski definition) is 3. The van der Waals surface area contributed by atoms with Crippen LogP contribution < -0.4 is 11.1 Å². The Kier molecular flexibility index (Phi) is 4.36. The summed E-state index contributed by atoms with van der Waals surface area (Å²) in [6.45, 7) is 0.632. The van der Waals surface area contributed by atoms with E-state index in [1.165, 1.54) is 0 Å². The molecular formula is C13H22N4O. The lowest BCUT2D eigenvalue weighted by molar-refractivity contribution is -0.126. The van der Waals surface area contributed by atoms with Crippen LogP contribution in [-0.2, 0) is 18.3 Å². The highest BCUT2D eigenvalue weighted by Gasteiger charge is 2.27. The average molecular weight is 250 g/mol. The number of aryl methyl sites for hydroxylation is 1. The van der Waals surface area contributed by atoms with Gasteiger partial charge in [0.05, 0.1) is 5.92 Å². The molecule has 2 unspecified atom stereocenters. The molecule has 1 fully saturated rings. The number of amides is 1. The number of rotatable bonds is 4. The monoisotopic (exact) mass is 250 g/mol. The zero-order valence-corrected chi connectivity index (χ0v) is 10.9. The Morgan fingerprint density at radius 2 is 2.33 bits per heavy atom. The SMILES string of the molecule is Cn1ccnc1CCNC(=O)C1CCCCC1N. The number of nitrogens with two attached hydrogens (primary N) is 1. The van der Waals surface area contributed by atoms with Crippen molar-refractivity contribution in [3.63, 3.8) is 0 Å². The lowest BCUT2D eigenvalue weighted by Crippen LogP contribution is -2.44. The molecule has 1 saturated carbocycles. The number of imidazole rings is 1. The maximum Gasteiger partial charge on any atom is 0.224 e. The highest BCUT2D eigenvalue weighted by Crippen LogP contribution is 2.22. The zero-order chi connectivity index (χ0) is 13.0. The fraction of sp³-hybridized carbons (Fsp3) is 0.692. The van der Waals surface area contributed by atoms with E-state index in [2.05, 4.69) is 10.3 Å². The molecule has 0 aliphatic heterocycles. The first-order valence-corrected chi connectivity index (χ1v) is 6.68. The molecule has 2 atom stereocenters. The van der Waals surface area contributed by atoms with Crippen molar-refractivity contribution in [3.8, 4) is 0 Å². The van der Waals surface area contributed by atoms with E-state index in [9.17, 15) is 4.79 Å². The van der Waals surface area contributed by atoms with Gasteiger partial charge in [-0.15, -0.1) is 0 Å². The number of carbonyl (C=O) groups is 1. The lowest BCUT2D eigenvalue weighted by atomic mass is 9.84. The van der Waals surface area contributed by atoms with E-state index in [4.69, 9.17) is 5.73 Å². The van der Waals surface area contributed by atoms with Crippen molar-refractivity contribution in [1.29, 1.82) is 0 Å². The largest absolute Gasteiger partial charge is 0.355 e. The van der Waals surface area contributed by atoms with Gasteiger partial charge in [0.15, 0.2) is 0 Å². The van der Waals surface area contributed by atoms with Crippen LogP contribution in [0.2, 0.25) is 0 Å². The van der Waals surface area contributed by atoms with Gasteiger partial charge in [-0.25, -0.2) is 4.98 Å². The Morgan fingerprint density at radius 1 is 1.56 bits per heavy atom.